The number of piperazine rings is 1. The molecular formula is C14H21BrCl2N2O2. The number of rotatable bonds is 5. The lowest BCUT2D eigenvalue weighted by atomic mass is 10.2. The van der Waals surface area contributed by atoms with Gasteiger partial charge in [-0.25, -0.2) is 0 Å². The summed E-state index contributed by atoms with van der Waals surface area (Å²) in [6, 6.07) is 8.36. The summed E-state index contributed by atoms with van der Waals surface area (Å²) in [5.41, 5.74) is 1.25. The SMILES string of the molecule is Cl.Cl.O=C(O)CCCN1CCN(c2cccc(Br)c2)CC1. The minimum Gasteiger partial charge on any atom is -0.481 e. The van der Waals surface area contributed by atoms with Crippen molar-refractivity contribution in [2.45, 2.75) is 12.8 Å². The fourth-order valence-electron chi connectivity index (χ4n) is 2.36. The first kappa shape index (κ1) is 20.5. The summed E-state index contributed by atoms with van der Waals surface area (Å²) >= 11 is 3.50. The molecule has 1 saturated heterocycles. The maximum absolute atomic E-state index is 10.5. The maximum atomic E-state index is 10.5. The van der Waals surface area contributed by atoms with Gasteiger partial charge in [0.1, 0.15) is 0 Å². The average Bonchev–Trinajstić information content (AvgIpc) is 2.39. The number of nitrogens with zero attached hydrogens (tertiary/aromatic N) is 2. The maximum Gasteiger partial charge on any atom is 0.303 e. The minimum absolute atomic E-state index is 0. The summed E-state index contributed by atoms with van der Waals surface area (Å²) in [5.74, 6) is -0.701. The number of hydrogen-bond donors (Lipinski definition) is 1. The van der Waals surface area contributed by atoms with E-state index in [2.05, 4.69) is 43.9 Å². The zero-order valence-electron chi connectivity index (χ0n) is 11.7. The molecule has 0 spiro atoms. The molecule has 2 rings (SSSR count). The van der Waals surface area contributed by atoms with E-state index in [-0.39, 0.29) is 31.2 Å². The molecule has 0 aliphatic carbocycles. The molecule has 0 unspecified atom stereocenters. The largest absolute Gasteiger partial charge is 0.481 e. The molecule has 0 radical (unpaired) electrons. The molecule has 4 nitrogen and oxygen atoms in total. The van der Waals surface area contributed by atoms with Gasteiger partial charge in [0.05, 0.1) is 0 Å². The van der Waals surface area contributed by atoms with Crippen LogP contribution in [0, 0.1) is 0 Å². The molecule has 0 bridgehead atoms. The van der Waals surface area contributed by atoms with Gasteiger partial charge in [0.25, 0.3) is 0 Å². The minimum atomic E-state index is -0.701. The predicted molar refractivity (Wildman–Crippen MR) is 94.2 cm³/mol. The van der Waals surface area contributed by atoms with Gasteiger partial charge in [0.2, 0.25) is 0 Å². The van der Waals surface area contributed by atoms with E-state index in [0.29, 0.717) is 0 Å². The Morgan fingerprint density at radius 2 is 1.86 bits per heavy atom. The molecule has 0 saturated carbocycles. The molecule has 1 aliphatic heterocycles. The summed E-state index contributed by atoms with van der Waals surface area (Å²) in [5, 5.41) is 8.63. The molecular weight excluding hydrogens is 379 g/mol. The van der Waals surface area contributed by atoms with Crippen LogP contribution in [-0.4, -0.2) is 48.7 Å². The van der Waals surface area contributed by atoms with E-state index in [1.54, 1.807) is 0 Å². The second-order valence-electron chi connectivity index (χ2n) is 4.81. The molecule has 7 heteroatoms. The van der Waals surface area contributed by atoms with Crippen LogP contribution < -0.4 is 4.90 Å². The van der Waals surface area contributed by atoms with Gasteiger partial charge in [-0.15, -0.1) is 24.8 Å². The Balaban J connectivity index is 0.00000200. The normalized spacial score (nSPS) is 15.0. The summed E-state index contributed by atoms with van der Waals surface area (Å²) in [6.45, 7) is 4.91. The number of hydrogen-bond acceptors (Lipinski definition) is 3. The van der Waals surface area contributed by atoms with Crippen LogP contribution in [0.3, 0.4) is 0 Å². The smallest absolute Gasteiger partial charge is 0.303 e. The van der Waals surface area contributed by atoms with Crippen LogP contribution in [0.1, 0.15) is 12.8 Å². The monoisotopic (exact) mass is 398 g/mol. The standard InChI is InChI=1S/C14H19BrN2O2.2ClH/c15-12-3-1-4-13(11-12)17-9-7-16(8-10-17)6-2-5-14(18)19;;/h1,3-4,11H,2,5-10H2,(H,18,19);2*1H. The third-order valence-corrected chi connectivity index (χ3v) is 3.90. The van der Waals surface area contributed by atoms with E-state index < -0.39 is 5.97 Å². The van der Waals surface area contributed by atoms with E-state index in [0.717, 1.165) is 43.6 Å². The van der Waals surface area contributed by atoms with Crippen molar-refractivity contribution in [3.63, 3.8) is 0 Å². The number of aliphatic carboxylic acids is 1. The Kier molecular flexibility index (Phi) is 10.0. The Hall–Kier alpha value is -0.490. The number of carboxylic acid groups (broad SMARTS) is 1. The van der Waals surface area contributed by atoms with Gasteiger partial charge in [-0.2, -0.15) is 0 Å². The summed E-state index contributed by atoms with van der Waals surface area (Å²) < 4.78 is 1.11. The quantitative estimate of drug-likeness (QED) is 0.824. The fourth-order valence-corrected chi connectivity index (χ4v) is 2.74. The lowest BCUT2D eigenvalue weighted by molar-refractivity contribution is -0.137. The van der Waals surface area contributed by atoms with Crippen molar-refractivity contribution >= 4 is 52.4 Å². The third kappa shape index (κ3) is 6.87. The molecule has 0 atom stereocenters. The Morgan fingerprint density at radius 3 is 2.43 bits per heavy atom. The first-order valence-corrected chi connectivity index (χ1v) is 7.39. The van der Waals surface area contributed by atoms with Crippen molar-refractivity contribution in [1.82, 2.24) is 4.90 Å². The molecule has 1 aromatic rings. The van der Waals surface area contributed by atoms with Gasteiger partial charge >= 0.3 is 5.97 Å². The van der Waals surface area contributed by atoms with Crippen LogP contribution >= 0.6 is 40.7 Å². The van der Waals surface area contributed by atoms with Crippen molar-refractivity contribution in [3.8, 4) is 0 Å². The average molecular weight is 400 g/mol. The highest BCUT2D eigenvalue weighted by Gasteiger charge is 2.17. The highest BCUT2D eigenvalue weighted by atomic mass is 79.9. The topological polar surface area (TPSA) is 43.8 Å². The Morgan fingerprint density at radius 1 is 1.19 bits per heavy atom. The third-order valence-electron chi connectivity index (χ3n) is 3.41. The zero-order valence-corrected chi connectivity index (χ0v) is 14.9. The van der Waals surface area contributed by atoms with Crippen molar-refractivity contribution in [3.05, 3.63) is 28.7 Å². The van der Waals surface area contributed by atoms with Crippen LogP contribution in [0.25, 0.3) is 0 Å². The van der Waals surface area contributed by atoms with Crippen molar-refractivity contribution in [2.24, 2.45) is 0 Å². The van der Waals surface area contributed by atoms with Gasteiger partial charge in [0, 0.05) is 42.8 Å². The van der Waals surface area contributed by atoms with Crippen molar-refractivity contribution < 1.29 is 9.90 Å². The van der Waals surface area contributed by atoms with E-state index in [9.17, 15) is 4.79 Å². The molecule has 1 N–H and O–H groups in total. The molecule has 0 amide bonds. The van der Waals surface area contributed by atoms with Gasteiger partial charge < -0.3 is 10.0 Å². The van der Waals surface area contributed by atoms with Gasteiger partial charge in [-0.3, -0.25) is 9.69 Å². The number of anilines is 1. The fraction of sp³-hybridized carbons (Fsp3) is 0.500. The number of halogens is 3. The van der Waals surface area contributed by atoms with Crippen LogP contribution in [0.4, 0.5) is 5.69 Å². The van der Waals surface area contributed by atoms with E-state index >= 15 is 0 Å². The van der Waals surface area contributed by atoms with E-state index in [4.69, 9.17) is 5.11 Å². The molecule has 21 heavy (non-hydrogen) atoms. The lowest BCUT2D eigenvalue weighted by Crippen LogP contribution is -2.46. The highest BCUT2D eigenvalue weighted by Crippen LogP contribution is 2.21. The molecule has 1 heterocycles. The first-order valence-electron chi connectivity index (χ1n) is 6.60. The Bertz CT molecular complexity index is 441. The van der Waals surface area contributed by atoms with Gasteiger partial charge in [0.15, 0.2) is 0 Å². The van der Waals surface area contributed by atoms with Crippen LogP contribution in [0.5, 0.6) is 0 Å². The summed E-state index contributed by atoms with van der Waals surface area (Å²) in [6.07, 6.45) is 1.01. The molecule has 1 aromatic carbocycles. The van der Waals surface area contributed by atoms with E-state index in [1.165, 1.54) is 5.69 Å². The predicted octanol–water partition coefficient (Wildman–Crippen LogP) is 3.28. The second kappa shape index (κ2) is 10.3. The molecule has 1 fully saturated rings. The lowest BCUT2D eigenvalue weighted by Gasteiger charge is -2.36. The van der Waals surface area contributed by atoms with Crippen molar-refractivity contribution in [2.75, 3.05) is 37.6 Å². The van der Waals surface area contributed by atoms with E-state index in [1.807, 2.05) is 6.07 Å². The summed E-state index contributed by atoms with van der Waals surface area (Å²) in [7, 11) is 0. The van der Waals surface area contributed by atoms with Crippen molar-refractivity contribution in [1.29, 1.82) is 0 Å². The highest BCUT2D eigenvalue weighted by molar-refractivity contribution is 9.10. The Labute approximate surface area is 146 Å². The number of benzene rings is 1. The summed E-state index contributed by atoms with van der Waals surface area (Å²) in [4.78, 5) is 15.2. The molecule has 1 aliphatic rings. The van der Waals surface area contributed by atoms with Gasteiger partial charge in [-0.05, 0) is 31.2 Å². The van der Waals surface area contributed by atoms with Crippen LogP contribution in [0.15, 0.2) is 28.7 Å². The zero-order chi connectivity index (χ0) is 13.7. The van der Waals surface area contributed by atoms with Crippen LogP contribution in [-0.2, 0) is 4.79 Å². The first-order chi connectivity index (χ1) is 9.15. The number of carboxylic acids is 1. The number of carbonyl (C=O) groups is 1. The van der Waals surface area contributed by atoms with Crippen LogP contribution in [0.2, 0.25) is 0 Å². The van der Waals surface area contributed by atoms with Gasteiger partial charge in [-0.1, -0.05) is 22.0 Å². The second-order valence-corrected chi connectivity index (χ2v) is 5.72. The molecule has 120 valence electrons. The molecule has 0 aromatic heterocycles.